The Kier molecular flexibility index (Phi) is 4.29. The van der Waals surface area contributed by atoms with Gasteiger partial charge in [0.2, 0.25) is 0 Å². The van der Waals surface area contributed by atoms with Crippen LogP contribution in [0, 0.1) is 6.92 Å². The number of nitrogens with two attached hydrogens (primary N) is 1. The number of nitrogens with zero attached hydrogens (tertiary/aromatic N) is 1. The molecule has 0 fully saturated rings. The van der Waals surface area contributed by atoms with Gasteiger partial charge in [0.25, 0.3) is 5.91 Å². The van der Waals surface area contributed by atoms with Crippen LogP contribution in [0.15, 0.2) is 48.2 Å². The van der Waals surface area contributed by atoms with Crippen LogP contribution in [0.3, 0.4) is 0 Å². The first kappa shape index (κ1) is 17.1. The van der Waals surface area contributed by atoms with Gasteiger partial charge in [0.15, 0.2) is 16.6 Å². The molecule has 6 nitrogen and oxygen atoms in total. The summed E-state index contributed by atoms with van der Waals surface area (Å²) in [5.41, 5.74) is 8.93. The SMILES string of the molecule is COc1ccc(/C=C2/Oc3ccc(-c4nc(N)sc4C)cc3NC2=O)cc1. The summed E-state index contributed by atoms with van der Waals surface area (Å²) in [6, 6.07) is 12.9. The molecule has 27 heavy (non-hydrogen) atoms. The van der Waals surface area contributed by atoms with Gasteiger partial charge in [0, 0.05) is 10.4 Å². The second-order valence-corrected chi connectivity index (χ2v) is 7.24. The lowest BCUT2D eigenvalue weighted by molar-refractivity contribution is -0.115. The van der Waals surface area contributed by atoms with Gasteiger partial charge in [0.1, 0.15) is 5.75 Å². The Bertz CT molecular complexity index is 1050. The summed E-state index contributed by atoms with van der Waals surface area (Å²) in [5, 5.41) is 3.40. The third-order valence-electron chi connectivity index (χ3n) is 4.17. The average Bonchev–Trinajstić information content (AvgIpc) is 3.01. The van der Waals surface area contributed by atoms with Gasteiger partial charge < -0.3 is 20.5 Å². The Morgan fingerprint density at radius 1 is 1.22 bits per heavy atom. The molecule has 3 N–H and O–H groups in total. The topological polar surface area (TPSA) is 86.5 Å². The van der Waals surface area contributed by atoms with E-state index >= 15 is 0 Å². The van der Waals surface area contributed by atoms with Crippen molar-refractivity contribution in [1.82, 2.24) is 4.98 Å². The van der Waals surface area contributed by atoms with Gasteiger partial charge in [0.05, 0.1) is 18.5 Å². The molecule has 4 rings (SSSR count). The van der Waals surface area contributed by atoms with E-state index in [1.807, 2.05) is 49.4 Å². The van der Waals surface area contributed by atoms with Gasteiger partial charge in [-0.15, -0.1) is 11.3 Å². The zero-order valence-electron chi connectivity index (χ0n) is 14.8. The number of nitrogen functional groups attached to an aromatic ring is 1. The van der Waals surface area contributed by atoms with Gasteiger partial charge in [-0.05, 0) is 48.9 Å². The maximum absolute atomic E-state index is 12.4. The van der Waals surface area contributed by atoms with Gasteiger partial charge in [-0.3, -0.25) is 4.79 Å². The zero-order chi connectivity index (χ0) is 19.0. The molecular formula is C20H17N3O3S. The van der Waals surface area contributed by atoms with E-state index in [0.29, 0.717) is 16.6 Å². The van der Waals surface area contributed by atoms with E-state index < -0.39 is 0 Å². The van der Waals surface area contributed by atoms with E-state index in [1.54, 1.807) is 13.2 Å². The van der Waals surface area contributed by atoms with Crippen molar-refractivity contribution in [2.45, 2.75) is 6.92 Å². The fourth-order valence-electron chi connectivity index (χ4n) is 2.84. The summed E-state index contributed by atoms with van der Waals surface area (Å²) in [6.07, 6.45) is 1.69. The number of ether oxygens (including phenoxy) is 2. The summed E-state index contributed by atoms with van der Waals surface area (Å²) in [6.45, 7) is 1.97. The van der Waals surface area contributed by atoms with Crippen LogP contribution in [0.1, 0.15) is 10.4 Å². The number of aryl methyl sites for hydroxylation is 1. The molecule has 0 aliphatic carbocycles. The van der Waals surface area contributed by atoms with E-state index in [1.165, 1.54) is 11.3 Å². The molecule has 1 aliphatic heterocycles. The van der Waals surface area contributed by atoms with Gasteiger partial charge >= 0.3 is 0 Å². The first-order chi connectivity index (χ1) is 13.0. The van der Waals surface area contributed by atoms with Crippen molar-refractivity contribution in [3.63, 3.8) is 0 Å². The van der Waals surface area contributed by atoms with E-state index in [4.69, 9.17) is 15.2 Å². The lowest BCUT2D eigenvalue weighted by Crippen LogP contribution is -2.23. The van der Waals surface area contributed by atoms with Crippen molar-refractivity contribution < 1.29 is 14.3 Å². The number of hydrogen-bond donors (Lipinski definition) is 2. The van der Waals surface area contributed by atoms with Crippen LogP contribution in [-0.2, 0) is 4.79 Å². The summed E-state index contributed by atoms with van der Waals surface area (Å²) in [4.78, 5) is 17.8. The van der Waals surface area contributed by atoms with Crippen molar-refractivity contribution in [3.05, 3.63) is 58.7 Å². The molecular weight excluding hydrogens is 362 g/mol. The Hall–Kier alpha value is -3.32. The molecule has 2 heterocycles. The zero-order valence-corrected chi connectivity index (χ0v) is 15.6. The van der Waals surface area contributed by atoms with Crippen molar-refractivity contribution in [2.24, 2.45) is 0 Å². The van der Waals surface area contributed by atoms with Crippen molar-refractivity contribution in [3.8, 4) is 22.8 Å². The second-order valence-electron chi connectivity index (χ2n) is 6.01. The maximum atomic E-state index is 12.4. The molecule has 1 aromatic heterocycles. The summed E-state index contributed by atoms with van der Waals surface area (Å²) >= 11 is 1.44. The summed E-state index contributed by atoms with van der Waals surface area (Å²) in [5.74, 6) is 1.26. The highest BCUT2D eigenvalue weighted by Crippen LogP contribution is 2.37. The number of thiazole rings is 1. The van der Waals surface area contributed by atoms with Crippen LogP contribution >= 0.6 is 11.3 Å². The van der Waals surface area contributed by atoms with Crippen LogP contribution in [0.2, 0.25) is 0 Å². The normalized spacial score (nSPS) is 14.4. The lowest BCUT2D eigenvalue weighted by Gasteiger charge is -2.20. The predicted molar refractivity (Wildman–Crippen MR) is 107 cm³/mol. The number of methoxy groups -OCH3 is 1. The molecule has 0 saturated heterocycles. The number of fused-ring (bicyclic) bond motifs is 1. The number of anilines is 2. The molecule has 0 saturated carbocycles. The third-order valence-corrected chi connectivity index (χ3v) is 4.97. The van der Waals surface area contributed by atoms with Crippen LogP contribution in [0.5, 0.6) is 11.5 Å². The van der Waals surface area contributed by atoms with Gasteiger partial charge in [-0.25, -0.2) is 4.98 Å². The molecule has 0 bridgehead atoms. The molecule has 0 spiro atoms. The first-order valence-corrected chi connectivity index (χ1v) is 9.07. The highest BCUT2D eigenvalue weighted by Gasteiger charge is 2.23. The van der Waals surface area contributed by atoms with Crippen LogP contribution < -0.4 is 20.5 Å². The lowest BCUT2D eigenvalue weighted by atomic mass is 10.1. The number of hydrogen-bond acceptors (Lipinski definition) is 6. The smallest absolute Gasteiger partial charge is 0.291 e. The largest absolute Gasteiger partial charge is 0.497 e. The number of amides is 1. The number of carbonyl (C=O) groups is 1. The molecule has 3 aromatic rings. The Morgan fingerprint density at radius 3 is 2.67 bits per heavy atom. The van der Waals surface area contributed by atoms with E-state index in [0.717, 1.165) is 27.4 Å². The molecule has 136 valence electrons. The molecule has 0 unspecified atom stereocenters. The Labute approximate surface area is 160 Å². The monoisotopic (exact) mass is 379 g/mol. The fraction of sp³-hybridized carbons (Fsp3) is 0.100. The van der Waals surface area contributed by atoms with E-state index in [2.05, 4.69) is 10.3 Å². The minimum absolute atomic E-state index is 0.231. The highest BCUT2D eigenvalue weighted by molar-refractivity contribution is 7.15. The van der Waals surface area contributed by atoms with Crippen molar-refractivity contribution in [1.29, 1.82) is 0 Å². The minimum Gasteiger partial charge on any atom is -0.497 e. The molecule has 7 heteroatoms. The standard InChI is InChI=1S/C20H17N3O3S/c1-11-18(23-20(21)27-11)13-5-8-16-15(10-13)22-19(24)17(26-16)9-12-3-6-14(25-2)7-4-12/h3-10H,1-2H3,(H2,21,23)(H,22,24)/b17-9+. The number of rotatable bonds is 3. The van der Waals surface area contributed by atoms with Crippen LogP contribution in [0.25, 0.3) is 17.3 Å². The number of nitrogens with one attached hydrogen (secondary N) is 1. The number of carbonyl (C=O) groups excluding carboxylic acids is 1. The summed E-state index contributed by atoms with van der Waals surface area (Å²) < 4.78 is 10.9. The van der Waals surface area contributed by atoms with Gasteiger partial charge in [-0.2, -0.15) is 0 Å². The predicted octanol–water partition coefficient (Wildman–Crippen LogP) is 4.08. The Balaban J connectivity index is 1.63. The van der Waals surface area contributed by atoms with Crippen LogP contribution in [-0.4, -0.2) is 18.0 Å². The quantitative estimate of drug-likeness (QED) is 0.670. The highest BCUT2D eigenvalue weighted by atomic mass is 32.1. The average molecular weight is 379 g/mol. The van der Waals surface area contributed by atoms with E-state index in [9.17, 15) is 4.79 Å². The fourth-order valence-corrected chi connectivity index (χ4v) is 3.55. The number of aromatic nitrogens is 1. The third kappa shape index (κ3) is 3.37. The molecule has 0 radical (unpaired) electrons. The second kappa shape index (κ2) is 6.77. The summed E-state index contributed by atoms with van der Waals surface area (Å²) in [7, 11) is 1.61. The van der Waals surface area contributed by atoms with E-state index in [-0.39, 0.29) is 11.7 Å². The first-order valence-electron chi connectivity index (χ1n) is 8.26. The molecule has 0 atom stereocenters. The Morgan fingerprint density at radius 2 is 2.00 bits per heavy atom. The molecule has 2 aromatic carbocycles. The number of benzene rings is 2. The van der Waals surface area contributed by atoms with Crippen molar-refractivity contribution in [2.75, 3.05) is 18.2 Å². The van der Waals surface area contributed by atoms with Crippen LogP contribution in [0.4, 0.5) is 10.8 Å². The van der Waals surface area contributed by atoms with Gasteiger partial charge in [-0.1, -0.05) is 12.1 Å². The maximum Gasteiger partial charge on any atom is 0.291 e. The minimum atomic E-state index is -0.301. The van der Waals surface area contributed by atoms with Crippen molar-refractivity contribution >= 4 is 34.1 Å². The molecule has 1 amide bonds. The molecule has 1 aliphatic rings.